The fourth-order valence-electron chi connectivity index (χ4n) is 2.36. The second-order valence-corrected chi connectivity index (χ2v) is 5.80. The first-order chi connectivity index (χ1) is 8.88. The summed E-state index contributed by atoms with van der Waals surface area (Å²) in [6.07, 6.45) is 6.85. The van der Waals surface area contributed by atoms with Gasteiger partial charge in [-0.2, -0.15) is 0 Å². The van der Waals surface area contributed by atoms with Crippen LogP contribution in [-0.2, 0) is 6.54 Å². The molecule has 1 N–H and O–H groups in total. The first-order valence-electron chi connectivity index (χ1n) is 6.78. The predicted octanol–water partition coefficient (Wildman–Crippen LogP) is 2.86. The van der Waals surface area contributed by atoms with Crippen molar-refractivity contribution in [3.05, 3.63) is 21.9 Å². The van der Waals surface area contributed by atoms with Crippen LogP contribution in [-0.4, -0.2) is 29.7 Å². The summed E-state index contributed by atoms with van der Waals surface area (Å²) in [6, 6.07) is 2.16. The Hall–Kier alpha value is -0.820. The summed E-state index contributed by atoms with van der Waals surface area (Å²) in [5.41, 5.74) is 1.04. The molecular formula is C15H21NOS. The number of hydrogen-bond donors (Lipinski definition) is 1. The molecule has 2 nitrogen and oxygen atoms in total. The summed E-state index contributed by atoms with van der Waals surface area (Å²) >= 11 is 1.78. The van der Waals surface area contributed by atoms with Crippen molar-refractivity contribution in [3.63, 3.8) is 0 Å². The van der Waals surface area contributed by atoms with Crippen LogP contribution in [0.5, 0.6) is 0 Å². The minimum atomic E-state index is -0.0582. The van der Waals surface area contributed by atoms with Crippen LogP contribution < -0.4 is 0 Å². The summed E-state index contributed by atoms with van der Waals surface area (Å²) in [5.74, 6) is 5.66. The molecule has 1 aromatic rings. The summed E-state index contributed by atoms with van der Waals surface area (Å²) in [7, 11) is 0. The molecule has 0 atom stereocenters. The topological polar surface area (TPSA) is 23.5 Å². The number of likely N-dealkylation sites (tertiary alicyclic amines) is 1. The van der Waals surface area contributed by atoms with E-state index in [1.54, 1.807) is 11.3 Å². The predicted molar refractivity (Wildman–Crippen MR) is 76.6 cm³/mol. The molecule has 1 aliphatic rings. The monoisotopic (exact) mass is 263 g/mol. The van der Waals surface area contributed by atoms with E-state index in [-0.39, 0.29) is 6.61 Å². The molecule has 1 saturated heterocycles. The molecule has 0 unspecified atom stereocenters. The van der Waals surface area contributed by atoms with Crippen molar-refractivity contribution in [3.8, 4) is 11.8 Å². The van der Waals surface area contributed by atoms with E-state index in [4.69, 9.17) is 5.11 Å². The smallest absolute Gasteiger partial charge is 0.104 e. The van der Waals surface area contributed by atoms with E-state index in [2.05, 4.69) is 28.2 Å². The molecule has 2 heterocycles. The average molecular weight is 263 g/mol. The highest BCUT2D eigenvalue weighted by molar-refractivity contribution is 7.10. The molecule has 98 valence electrons. The largest absolute Gasteiger partial charge is 0.384 e. The van der Waals surface area contributed by atoms with E-state index in [0.717, 1.165) is 12.1 Å². The number of aliphatic hydroxyl groups excluding tert-OH is 1. The minimum absolute atomic E-state index is 0.0582. The zero-order valence-electron chi connectivity index (χ0n) is 10.8. The summed E-state index contributed by atoms with van der Waals surface area (Å²) in [4.78, 5) is 3.95. The maximum Gasteiger partial charge on any atom is 0.104 e. The molecule has 0 radical (unpaired) electrons. The van der Waals surface area contributed by atoms with Crippen molar-refractivity contribution in [2.75, 3.05) is 19.7 Å². The molecule has 18 heavy (non-hydrogen) atoms. The van der Waals surface area contributed by atoms with Crippen molar-refractivity contribution in [2.24, 2.45) is 0 Å². The molecule has 1 aromatic heterocycles. The minimum Gasteiger partial charge on any atom is -0.384 e. The Kier molecular flexibility index (Phi) is 5.73. The fourth-order valence-corrected chi connectivity index (χ4v) is 3.22. The van der Waals surface area contributed by atoms with Crippen molar-refractivity contribution in [1.82, 2.24) is 4.90 Å². The normalized spacial score (nSPS) is 17.6. The van der Waals surface area contributed by atoms with Crippen molar-refractivity contribution in [1.29, 1.82) is 0 Å². The number of hydrogen-bond acceptors (Lipinski definition) is 3. The van der Waals surface area contributed by atoms with Crippen LogP contribution in [0.2, 0.25) is 0 Å². The van der Waals surface area contributed by atoms with Gasteiger partial charge in [0.25, 0.3) is 0 Å². The van der Waals surface area contributed by atoms with E-state index in [0.29, 0.717) is 0 Å². The SMILES string of the molecule is OCC#Cc1csc(CN2CCCCCCC2)c1. The molecule has 0 amide bonds. The van der Waals surface area contributed by atoms with E-state index >= 15 is 0 Å². The summed E-state index contributed by atoms with van der Waals surface area (Å²) in [6.45, 7) is 3.47. The van der Waals surface area contributed by atoms with Gasteiger partial charge in [0.15, 0.2) is 0 Å². The van der Waals surface area contributed by atoms with Gasteiger partial charge in [-0.3, -0.25) is 4.90 Å². The van der Waals surface area contributed by atoms with Gasteiger partial charge >= 0.3 is 0 Å². The maximum atomic E-state index is 8.67. The molecule has 0 aliphatic carbocycles. The van der Waals surface area contributed by atoms with E-state index < -0.39 is 0 Å². The molecule has 1 fully saturated rings. The van der Waals surface area contributed by atoms with Crippen molar-refractivity contribution >= 4 is 11.3 Å². The molecule has 0 spiro atoms. The molecule has 1 aliphatic heterocycles. The average Bonchev–Trinajstić information content (AvgIpc) is 2.77. The lowest BCUT2D eigenvalue weighted by molar-refractivity contribution is 0.241. The standard InChI is InChI=1S/C15H21NOS/c17-10-6-7-14-11-15(18-13-14)12-16-8-4-2-1-3-5-9-16/h11,13,17H,1-5,8-10,12H2. The van der Waals surface area contributed by atoms with Crippen LogP contribution in [0.15, 0.2) is 11.4 Å². The van der Waals surface area contributed by atoms with Crippen LogP contribution in [0.25, 0.3) is 0 Å². The van der Waals surface area contributed by atoms with E-state index in [9.17, 15) is 0 Å². The zero-order chi connectivity index (χ0) is 12.6. The highest BCUT2D eigenvalue weighted by Gasteiger charge is 2.09. The highest BCUT2D eigenvalue weighted by Crippen LogP contribution is 2.18. The Balaban J connectivity index is 1.89. The first kappa shape index (κ1) is 13.6. The molecule has 0 bridgehead atoms. The van der Waals surface area contributed by atoms with Crippen molar-refractivity contribution in [2.45, 2.75) is 38.6 Å². The maximum absolute atomic E-state index is 8.67. The lowest BCUT2D eigenvalue weighted by Gasteiger charge is -2.23. The van der Waals surface area contributed by atoms with Crippen LogP contribution in [0.1, 0.15) is 42.5 Å². The molecular weight excluding hydrogens is 242 g/mol. The van der Waals surface area contributed by atoms with Crippen LogP contribution >= 0.6 is 11.3 Å². The number of nitrogens with zero attached hydrogens (tertiary/aromatic N) is 1. The third-order valence-electron chi connectivity index (χ3n) is 3.29. The molecule has 2 rings (SSSR count). The van der Waals surface area contributed by atoms with Gasteiger partial charge in [-0.25, -0.2) is 0 Å². The number of rotatable bonds is 2. The Morgan fingerprint density at radius 3 is 2.61 bits per heavy atom. The highest BCUT2D eigenvalue weighted by atomic mass is 32.1. The van der Waals surface area contributed by atoms with Gasteiger partial charge in [0.2, 0.25) is 0 Å². The number of thiophene rings is 1. The van der Waals surface area contributed by atoms with Crippen molar-refractivity contribution < 1.29 is 5.11 Å². The van der Waals surface area contributed by atoms with Gasteiger partial charge in [-0.1, -0.05) is 31.1 Å². The second-order valence-electron chi connectivity index (χ2n) is 4.81. The Morgan fingerprint density at radius 1 is 1.17 bits per heavy atom. The lowest BCUT2D eigenvalue weighted by Crippen LogP contribution is -2.26. The molecule has 0 aromatic carbocycles. The second kappa shape index (κ2) is 7.58. The lowest BCUT2D eigenvalue weighted by atomic mass is 10.1. The van der Waals surface area contributed by atoms with E-state index in [1.807, 2.05) is 0 Å². The van der Waals surface area contributed by atoms with Gasteiger partial charge in [-0.05, 0) is 32.0 Å². The molecule has 3 heteroatoms. The summed E-state index contributed by atoms with van der Waals surface area (Å²) < 4.78 is 0. The number of aliphatic hydroxyl groups is 1. The zero-order valence-corrected chi connectivity index (χ0v) is 11.6. The Bertz CT molecular complexity index is 408. The third kappa shape index (κ3) is 4.45. The molecule has 0 saturated carbocycles. The van der Waals surface area contributed by atoms with Crippen LogP contribution in [0.3, 0.4) is 0 Å². The third-order valence-corrected chi connectivity index (χ3v) is 4.22. The quantitative estimate of drug-likeness (QED) is 0.829. The van der Waals surface area contributed by atoms with Gasteiger partial charge in [0.05, 0.1) is 0 Å². The van der Waals surface area contributed by atoms with Gasteiger partial charge in [-0.15, -0.1) is 11.3 Å². The van der Waals surface area contributed by atoms with Gasteiger partial charge in [0, 0.05) is 22.4 Å². The fraction of sp³-hybridized carbons (Fsp3) is 0.600. The van der Waals surface area contributed by atoms with Gasteiger partial charge in [0.1, 0.15) is 6.61 Å². The van der Waals surface area contributed by atoms with Crippen LogP contribution in [0, 0.1) is 11.8 Å². The van der Waals surface area contributed by atoms with Gasteiger partial charge < -0.3 is 5.11 Å². The van der Waals surface area contributed by atoms with Crippen LogP contribution in [0.4, 0.5) is 0 Å². The summed E-state index contributed by atoms with van der Waals surface area (Å²) in [5, 5.41) is 10.8. The first-order valence-corrected chi connectivity index (χ1v) is 7.66. The Morgan fingerprint density at radius 2 is 1.89 bits per heavy atom. The van der Waals surface area contributed by atoms with E-state index in [1.165, 1.54) is 50.1 Å². The Labute approximate surface area is 114 Å².